The van der Waals surface area contributed by atoms with Gasteiger partial charge in [0, 0.05) is 6.04 Å². The van der Waals surface area contributed by atoms with E-state index in [9.17, 15) is 13.2 Å². The molecule has 0 radical (unpaired) electrons. The molecule has 0 aromatic heterocycles. The van der Waals surface area contributed by atoms with Gasteiger partial charge in [-0.3, -0.25) is 0 Å². The first kappa shape index (κ1) is 16.1. The molecule has 0 spiro atoms. The molecule has 0 unspecified atom stereocenters. The minimum absolute atomic E-state index is 0.208. The molecule has 1 N–H and O–H groups in total. The quantitative estimate of drug-likeness (QED) is 0.901. The molecule has 1 aromatic carbocycles. The lowest BCUT2D eigenvalue weighted by Crippen LogP contribution is -2.32. The third kappa shape index (κ3) is 5.55. The monoisotopic (exact) mass is 303 g/mol. The second-order valence-electron chi connectivity index (χ2n) is 5.27. The fraction of sp³-hybridized carbons (Fsp3) is 0.600. The number of alkyl halides is 3. The van der Waals surface area contributed by atoms with Crippen LogP contribution in [-0.2, 0) is 11.3 Å². The van der Waals surface area contributed by atoms with Gasteiger partial charge in [-0.25, -0.2) is 0 Å². The zero-order chi connectivity index (χ0) is 15.3. The summed E-state index contributed by atoms with van der Waals surface area (Å²) in [5.74, 6) is -0.208. The van der Waals surface area contributed by atoms with Gasteiger partial charge in [0.05, 0.1) is 12.7 Å². The van der Waals surface area contributed by atoms with Crippen molar-refractivity contribution in [3.05, 3.63) is 29.8 Å². The van der Waals surface area contributed by atoms with Crippen molar-refractivity contribution in [3.63, 3.8) is 0 Å². The van der Waals surface area contributed by atoms with Crippen molar-refractivity contribution in [2.24, 2.45) is 0 Å². The highest BCUT2D eigenvalue weighted by atomic mass is 19.4. The van der Waals surface area contributed by atoms with Gasteiger partial charge >= 0.3 is 6.36 Å². The summed E-state index contributed by atoms with van der Waals surface area (Å²) < 4.78 is 45.8. The van der Waals surface area contributed by atoms with Gasteiger partial charge in [-0.1, -0.05) is 12.1 Å². The molecule has 1 aromatic rings. The van der Waals surface area contributed by atoms with Crippen LogP contribution in [0.5, 0.6) is 5.75 Å². The van der Waals surface area contributed by atoms with Crippen LogP contribution in [0.3, 0.4) is 0 Å². The van der Waals surface area contributed by atoms with Crippen LogP contribution in [0.25, 0.3) is 0 Å². The first-order valence-electron chi connectivity index (χ1n) is 7.10. The van der Waals surface area contributed by atoms with E-state index in [0.717, 1.165) is 31.2 Å². The zero-order valence-electron chi connectivity index (χ0n) is 12.0. The maximum Gasteiger partial charge on any atom is 0.573 e. The van der Waals surface area contributed by atoms with Crippen LogP contribution in [0, 0.1) is 0 Å². The number of nitrogens with one attached hydrogen (secondary N) is 1. The molecule has 0 aliphatic heterocycles. The van der Waals surface area contributed by atoms with Crippen LogP contribution < -0.4 is 10.1 Å². The van der Waals surface area contributed by atoms with Crippen molar-refractivity contribution in [2.75, 3.05) is 7.05 Å². The van der Waals surface area contributed by atoms with Crippen molar-refractivity contribution < 1.29 is 22.6 Å². The Balaban J connectivity index is 1.76. The average Bonchev–Trinajstić information content (AvgIpc) is 2.45. The molecule has 6 heteroatoms. The van der Waals surface area contributed by atoms with Crippen LogP contribution in [0.2, 0.25) is 0 Å². The minimum atomic E-state index is -4.65. The topological polar surface area (TPSA) is 30.5 Å². The van der Waals surface area contributed by atoms with Gasteiger partial charge in [0.15, 0.2) is 0 Å². The van der Waals surface area contributed by atoms with Crippen molar-refractivity contribution in [1.82, 2.24) is 5.32 Å². The summed E-state index contributed by atoms with van der Waals surface area (Å²) in [7, 11) is 1.97. The first-order chi connectivity index (χ1) is 9.96. The summed E-state index contributed by atoms with van der Waals surface area (Å²) in [5, 5.41) is 3.26. The molecule has 0 amide bonds. The minimum Gasteiger partial charge on any atom is -0.406 e. The van der Waals surface area contributed by atoms with Crippen molar-refractivity contribution in [3.8, 4) is 5.75 Å². The van der Waals surface area contributed by atoms with Crippen LogP contribution >= 0.6 is 0 Å². The van der Waals surface area contributed by atoms with E-state index in [1.54, 1.807) is 12.1 Å². The molecule has 0 atom stereocenters. The van der Waals surface area contributed by atoms with Gasteiger partial charge in [-0.05, 0) is 50.4 Å². The Kier molecular flexibility index (Phi) is 5.47. The largest absolute Gasteiger partial charge is 0.573 e. The molecule has 3 nitrogen and oxygen atoms in total. The SMILES string of the molecule is CNC1CCC(OCc2ccc(OC(F)(F)F)cc2)CC1. The lowest BCUT2D eigenvalue weighted by atomic mass is 9.93. The van der Waals surface area contributed by atoms with Crippen molar-refractivity contribution in [2.45, 2.75) is 50.8 Å². The van der Waals surface area contributed by atoms with E-state index in [4.69, 9.17) is 4.74 Å². The average molecular weight is 303 g/mol. The van der Waals surface area contributed by atoms with E-state index in [1.807, 2.05) is 7.05 Å². The predicted octanol–water partition coefficient (Wildman–Crippen LogP) is 3.63. The predicted molar refractivity (Wildman–Crippen MR) is 73.0 cm³/mol. The lowest BCUT2D eigenvalue weighted by molar-refractivity contribution is -0.274. The van der Waals surface area contributed by atoms with Crippen molar-refractivity contribution >= 4 is 0 Å². The normalized spacial score (nSPS) is 23.0. The van der Waals surface area contributed by atoms with Gasteiger partial charge in [0.2, 0.25) is 0 Å². The van der Waals surface area contributed by atoms with Gasteiger partial charge in [0.1, 0.15) is 5.75 Å². The molecule has 21 heavy (non-hydrogen) atoms. The Morgan fingerprint density at radius 3 is 2.24 bits per heavy atom. The molecule has 0 saturated heterocycles. The number of rotatable bonds is 5. The summed E-state index contributed by atoms with van der Waals surface area (Å²) >= 11 is 0. The molecule has 1 aliphatic carbocycles. The third-order valence-corrected chi connectivity index (χ3v) is 3.73. The standard InChI is InChI=1S/C15H20F3NO2/c1-19-12-4-8-13(9-5-12)20-10-11-2-6-14(7-3-11)21-15(16,17)18/h2-3,6-7,12-13,19H,4-5,8-10H2,1H3. The van der Waals surface area contributed by atoms with Crippen LogP contribution in [-0.4, -0.2) is 25.6 Å². The van der Waals surface area contributed by atoms with Crippen LogP contribution in [0.4, 0.5) is 13.2 Å². The van der Waals surface area contributed by atoms with E-state index >= 15 is 0 Å². The van der Waals surface area contributed by atoms with Crippen LogP contribution in [0.1, 0.15) is 31.2 Å². The number of hydrogen-bond donors (Lipinski definition) is 1. The maximum atomic E-state index is 12.0. The summed E-state index contributed by atoms with van der Waals surface area (Å²) in [6, 6.07) is 6.39. The fourth-order valence-electron chi connectivity index (χ4n) is 2.52. The second-order valence-corrected chi connectivity index (χ2v) is 5.27. The van der Waals surface area contributed by atoms with E-state index in [-0.39, 0.29) is 11.9 Å². The highest BCUT2D eigenvalue weighted by Gasteiger charge is 2.30. The number of hydrogen-bond acceptors (Lipinski definition) is 3. The number of benzene rings is 1. The molecule has 1 fully saturated rings. The van der Waals surface area contributed by atoms with E-state index in [1.165, 1.54) is 12.1 Å². The molecule has 1 aliphatic rings. The molecule has 2 rings (SSSR count). The highest BCUT2D eigenvalue weighted by molar-refractivity contribution is 5.27. The van der Waals surface area contributed by atoms with E-state index in [2.05, 4.69) is 10.1 Å². The Morgan fingerprint density at radius 1 is 1.10 bits per heavy atom. The molecular formula is C15H20F3NO2. The van der Waals surface area contributed by atoms with Crippen molar-refractivity contribution in [1.29, 1.82) is 0 Å². The van der Waals surface area contributed by atoms with Gasteiger partial charge in [0.25, 0.3) is 0 Å². The molecule has 0 bridgehead atoms. The van der Waals surface area contributed by atoms with Gasteiger partial charge < -0.3 is 14.8 Å². The first-order valence-corrected chi connectivity index (χ1v) is 7.10. The smallest absolute Gasteiger partial charge is 0.406 e. The second kappa shape index (κ2) is 7.13. The Hall–Kier alpha value is -1.27. The summed E-state index contributed by atoms with van der Waals surface area (Å²) in [5.41, 5.74) is 0.847. The van der Waals surface area contributed by atoms with E-state index in [0.29, 0.717) is 12.6 Å². The summed E-state index contributed by atoms with van der Waals surface area (Å²) in [4.78, 5) is 0. The highest BCUT2D eigenvalue weighted by Crippen LogP contribution is 2.24. The number of halogens is 3. The Bertz CT molecular complexity index is 426. The molecule has 0 heterocycles. The molecule has 1 saturated carbocycles. The molecule has 118 valence electrons. The third-order valence-electron chi connectivity index (χ3n) is 3.73. The number of ether oxygens (including phenoxy) is 2. The Morgan fingerprint density at radius 2 is 1.71 bits per heavy atom. The summed E-state index contributed by atoms with van der Waals surface area (Å²) in [6.45, 7) is 0.418. The Labute approximate surface area is 122 Å². The summed E-state index contributed by atoms with van der Waals surface area (Å²) in [6.07, 6.45) is -0.189. The zero-order valence-corrected chi connectivity index (χ0v) is 12.0. The van der Waals surface area contributed by atoms with Crippen LogP contribution in [0.15, 0.2) is 24.3 Å². The maximum absolute atomic E-state index is 12.0. The molecular weight excluding hydrogens is 283 g/mol. The van der Waals surface area contributed by atoms with Gasteiger partial charge in [-0.2, -0.15) is 0 Å². The fourth-order valence-corrected chi connectivity index (χ4v) is 2.52. The van der Waals surface area contributed by atoms with Gasteiger partial charge in [-0.15, -0.1) is 13.2 Å². The van der Waals surface area contributed by atoms with E-state index < -0.39 is 6.36 Å². The lowest BCUT2D eigenvalue weighted by Gasteiger charge is -2.28.